The van der Waals surface area contributed by atoms with E-state index in [1.807, 2.05) is 146 Å². The zero-order chi connectivity index (χ0) is 40.4. The first-order chi connectivity index (χ1) is 28.6. The van der Waals surface area contributed by atoms with E-state index in [1.54, 1.807) is 0 Å². The Bertz CT molecular complexity index is 2470. The number of pyridine rings is 4. The molecule has 0 saturated heterocycles. The van der Waals surface area contributed by atoms with Gasteiger partial charge in [0.2, 0.25) is 0 Å². The van der Waals surface area contributed by atoms with E-state index < -0.39 is 0 Å². The molecule has 0 unspecified atom stereocenters. The van der Waals surface area contributed by atoms with Crippen LogP contribution < -0.4 is 0 Å². The maximum Gasteiger partial charge on any atom is -0.171 e. The van der Waals surface area contributed by atoms with Crippen LogP contribution in [0.15, 0.2) is 207 Å². The first-order valence-electron chi connectivity index (χ1n) is 18.8. The van der Waals surface area contributed by atoms with Crippen LogP contribution >= 0.6 is 24.8 Å². The molecule has 10 aromatic rings. The fourth-order valence-corrected chi connectivity index (χ4v) is 6.46. The quantitative estimate of drug-likeness (QED) is 0.130. The summed E-state index contributed by atoms with van der Waals surface area (Å²) in [5, 5.41) is 4.97. The van der Waals surface area contributed by atoms with Crippen molar-refractivity contribution < 1.29 is 23.3 Å². The SMILES string of the molecule is Cc1cc2c(-c3ccccn3)cc(-c3ccccn3)cc2[cH-]1.Cc1cc2c(-c3ccccn3)cc(-c3ccccn3)cc2[cH-]1.Cl.Cl.[Si]=[Zr].[c-]1ccccc1.[c-]1ccccc1. The van der Waals surface area contributed by atoms with Crippen molar-refractivity contribution in [1.29, 1.82) is 0 Å². The number of benzene rings is 4. The third-order valence-corrected chi connectivity index (χ3v) is 8.95. The first-order valence-corrected chi connectivity index (χ1v) is 23.0. The topological polar surface area (TPSA) is 51.6 Å². The summed E-state index contributed by atoms with van der Waals surface area (Å²) < 4.78 is 0. The predicted molar refractivity (Wildman–Crippen MR) is 252 cm³/mol. The second-order valence-electron chi connectivity index (χ2n) is 13.1. The van der Waals surface area contributed by atoms with Crippen molar-refractivity contribution in [2.24, 2.45) is 0 Å². The Kier molecular flexibility index (Phi) is 19.7. The van der Waals surface area contributed by atoms with E-state index in [0.29, 0.717) is 0 Å². The molecule has 2 radical (unpaired) electrons. The second-order valence-corrected chi connectivity index (χ2v) is 13.1. The minimum absolute atomic E-state index is 0. The van der Waals surface area contributed by atoms with Gasteiger partial charge < -0.3 is 0 Å². The molecule has 60 heavy (non-hydrogen) atoms. The first kappa shape index (κ1) is 47.1. The number of aromatic nitrogens is 4. The molecule has 6 aromatic carbocycles. The number of nitrogens with zero attached hydrogens (tertiary/aromatic N) is 4. The molecule has 4 heterocycles. The van der Waals surface area contributed by atoms with Gasteiger partial charge in [-0.1, -0.05) is 50.2 Å². The molecule has 0 amide bonds. The summed E-state index contributed by atoms with van der Waals surface area (Å²) in [6.45, 7) is 7.32. The minimum Gasteiger partial charge on any atom is -0.184 e. The molecule has 10 rings (SSSR count). The van der Waals surface area contributed by atoms with E-state index >= 15 is 0 Å². The van der Waals surface area contributed by atoms with Gasteiger partial charge in [-0.15, -0.1) is 81.8 Å². The Morgan fingerprint density at radius 1 is 0.417 bits per heavy atom. The van der Waals surface area contributed by atoms with Gasteiger partial charge in [0.25, 0.3) is 0 Å². The van der Waals surface area contributed by atoms with Crippen molar-refractivity contribution in [2.75, 3.05) is 0 Å². The van der Waals surface area contributed by atoms with Gasteiger partial charge in [-0.3, -0.25) is 19.9 Å². The van der Waals surface area contributed by atoms with Gasteiger partial charge in [0, 0.05) is 24.8 Å². The van der Waals surface area contributed by atoms with Crippen molar-refractivity contribution in [2.45, 2.75) is 13.8 Å². The predicted octanol–water partition coefficient (Wildman–Crippen LogP) is 13.4. The molecular formula is C52H42Cl2N4SiZr-4. The van der Waals surface area contributed by atoms with Crippen LogP contribution in [0, 0.1) is 26.0 Å². The van der Waals surface area contributed by atoms with Crippen LogP contribution in [0.2, 0.25) is 0 Å². The summed E-state index contributed by atoms with van der Waals surface area (Å²) in [6, 6.07) is 66.7. The average Bonchev–Trinajstić information content (AvgIpc) is 3.90. The van der Waals surface area contributed by atoms with Crippen molar-refractivity contribution >= 4 is 53.2 Å². The van der Waals surface area contributed by atoms with Crippen LogP contribution in [0.4, 0.5) is 0 Å². The van der Waals surface area contributed by atoms with Gasteiger partial charge in [-0.2, -0.15) is 84.9 Å². The maximum atomic E-state index is 4.52. The summed E-state index contributed by atoms with van der Waals surface area (Å²) in [7, 11) is 0. The number of halogens is 2. The number of aryl methyl sites for hydroxylation is 2. The molecule has 4 nitrogen and oxygen atoms in total. The second kappa shape index (κ2) is 25.1. The van der Waals surface area contributed by atoms with E-state index in [2.05, 4.69) is 113 Å². The number of rotatable bonds is 4. The molecule has 8 heteroatoms. The Morgan fingerprint density at radius 3 is 1.02 bits per heavy atom. The Labute approximate surface area is 382 Å². The summed E-state index contributed by atoms with van der Waals surface area (Å²) >= 11 is 1.36. The molecule has 0 N–H and O–H groups in total. The van der Waals surface area contributed by atoms with Crippen LogP contribution in [-0.2, 0) is 23.3 Å². The van der Waals surface area contributed by atoms with Gasteiger partial charge in [0.1, 0.15) is 0 Å². The summed E-state index contributed by atoms with van der Waals surface area (Å²) in [5.41, 5.74) is 11.1. The molecule has 0 aliphatic rings. The Morgan fingerprint density at radius 2 is 0.750 bits per heavy atom. The van der Waals surface area contributed by atoms with E-state index in [9.17, 15) is 0 Å². The van der Waals surface area contributed by atoms with E-state index in [4.69, 9.17) is 0 Å². The molecule has 4 aromatic heterocycles. The maximum absolute atomic E-state index is 4.52. The summed E-state index contributed by atoms with van der Waals surface area (Å²) in [4.78, 5) is 18.0. The molecule has 0 aliphatic heterocycles. The van der Waals surface area contributed by atoms with E-state index in [-0.39, 0.29) is 24.8 Å². The average molecular weight is 913 g/mol. The third-order valence-electron chi connectivity index (χ3n) is 8.95. The third kappa shape index (κ3) is 13.2. The van der Waals surface area contributed by atoms with Crippen LogP contribution in [-0.4, -0.2) is 26.8 Å². The molecule has 0 fully saturated rings. The molecule has 0 atom stereocenters. The largest absolute Gasteiger partial charge is 0.184 e. The van der Waals surface area contributed by atoms with Gasteiger partial charge in [-0.25, -0.2) is 0 Å². The van der Waals surface area contributed by atoms with Gasteiger partial charge in [0.05, 0.1) is 22.8 Å². The molecule has 0 aliphatic carbocycles. The molecular weight excluding hydrogens is 871 g/mol. The van der Waals surface area contributed by atoms with Crippen molar-refractivity contribution in [3.63, 3.8) is 0 Å². The van der Waals surface area contributed by atoms with Crippen molar-refractivity contribution in [3.05, 3.63) is 230 Å². The van der Waals surface area contributed by atoms with Crippen molar-refractivity contribution in [1.82, 2.24) is 19.9 Å². The smallest absolute Gasteiger partial charge is 0.171 e. The minimum atomic E-state index is 0. The Balaban J connectivity index is 0.000000196. The van der Waals surface area contributed by atoms with Crippen LogP contribution in [0.1, 0.15) is 11.1 Å². The molecule has 0 saturated carbocycles. The standard InChI is InChI=1S/2C20H15N2.2C6H5.2ClH.Si.Zr/c2*1-14-10-15-12-16(19-6-2-4-8-21-19)13-18(17(15)11-14)20-7-3-5-9-22-20;2*1-2-4-6-5-3-1;;;;/h2*2-13H,1H3;2*1-5H;2*1H;;/q4*-1;;;;. The molecule has 296 valence electrons. The molecule has 0 bridgehead atoms. The van der Waals surface area contributed by atoms with Crippen molar-refractivity contribution in [3.8, 4) is 45.0 Å². The number of hydrogen-bond acceptors (Lipinski definition) is 4. The van der Waals surface area contributed by atoms with E-state index in [0.717, 1.165) is 45.0 Å². The normalized spacial score (nSPS) is 9.68. The van der Waals surface area contributed by atoms with Gasteiger partial charge in [0.15, 0.2) is 0 Å². The monoisotopic (exact) mass is 910 g/mol. The van der Waals surface area contributed by atoms with E-state index in [1.165, 1.54) is 56.0 Å². The van der Waals surface area contributed by atoms with Gasteiger partial charge in [-0.05, 0) is 70.8 Å². The van der Waals surface area contributed by atoms with Crippen LogP contribution in [0.3, 0.4) is 0 Å². The zero-order valence-electron chi connectivity index (χ0n) is 33.2. The number of fused-ring (bicyclic) bond motifs is 2. The Hall–Kier alpha value is -5.62. The van der Waals surface area contributed by atoms with Crippen LogP contribution in [0.5, 0.6) is 0 Å². The zero-order valence-corrected chi connectivity index (χ0v) is 38.3. The van der Waals surface area contributed by atoms with Crippen LogP contribution in [0.25, 0.3) is 66.6 Å². The molecule has 0 spiro atoms. The fraction of sp³-hybridized carbons (Fsp3) is 0.0385. The number of hydrogen-bond donors (Lipinski definition) is 0. The van der Waals surface area contributed by atoms with Gasteiger partial charge >= 0.3 is 30.2 Å². The fourth-order valence-electron chi connectivity index (χ4n) is 6.46. The summed E-state index contributed by atoms with van der Waals surface area (Å²) in [6.07, 6.45) is 7.33. The summed E-state index contributed by atoms with van der Waals surface area (Å²) in [5.74, 6) is 0.